The van der Waals surface area contributed by atoms with Crippen molar-refractivity contribution in [1.82, 2.24) is 8.61 Å². The van der Waals surface area contributed by atoms with Crippen LogP contribution < -0.4 is 0 Å². The Hall–Kier alpha value is -0.170. The summed E-state index contributed by atoms with van der Waals surface area (Å²) in [5, 5.41) is 9.03. The number of nitrogens with zero attached hydrogens (tertiary/aromatic N) is 2. The van der Waals surface area contributed by atoms with Crippen molar-refractivity contribution in [1.29, 1.82) is 0 Å². The Balaban J connectivity index is 4.29. The van der Waals surface area contributed by atoms with Crippen molar-refractivity contribution in [3.8, 4) is 0 Å². The Morgan fingerprint density at radius 3 is 2.14 bits per heavy atom. The molecule has 0 bridgehead atoms. The van der Waals surface area contributed by atoms with E-state index in [0.717, 1.165) is 0 Å². The lowest BCUT2D eigenvalue weighted by atomic mass is 10.3. The molecule has 86 valence electrons. The average Bonchev–Trinajstić information content (AvgIpc) is 2.12. The van der Waals surface area contributed by atoms with E-state index in [2.05, 4.69) is 0 Å². The van der Waals surface area contributed by atoms with Gasteiger partial charge in [-0.2, -0.15) is 17.0 Å². The third kappa shape index (κ3) is 3.91. The summed E-state index contributed by atoms with van der Waals surface area (Å²) in [4.78, 5) is 0. The lowest BCUT2D eigenvalue weighted by molar-refractivity contribution is 0.176. The van der Waals surface area contributed by atoms with Gasteiger partial charge >= 0.3 is 0 Å². The van der Waals surface area contributed by atoms with Crippen LogP contribution in [0.5, 0.6) is 0 Å². The highest BCUT2D eigenvalue weighted by Gasteiger charge is 2.21. The lowest BCUT2D eigenvalue weighted by Gasteiger charge is -2.23. The summed E-state index contributed by atoms with van der Waals surface area (Å²) in [5.74, 6) is 0. The fourth-order valence-corrected chi connectivity index (χ4v) is 2.02. The van der Waals surface area contributed by atoms with Gasteiger partial charge in [0.05, 0.1) is 6.10 Å². The van der Waals surface area contributed by atoms with Gasteiger partial charge in [-0.05, 0) is 13.3 Å². The van der Waals surface area contributed by atoms with Gasteiger partial charge in [0, 0.05) is 27.2 Å². The first-order valence-electron chi connectivity index (χ1n) is 4.68. The molecule has 0 rings (SSSR count). The molecule has 0 spiro atoms. The molecule has 5 nitrogen and oxygen atoms in total. The Kier molecular flexibility index (Phi) is 5.58. The molecule has 0 aromatic heterocycles. The molecule has 0 radical (unpaired) electrons. The normalized spacial score (nSPS) is 15.1. The zero-order valence-corrected chi connectivity index (χ0v) is 10.1. The van der Waals surface area contributed by atoms with E-state index in [9.17, 15) is 8.42 Å². The molecule has 0 amide bonds. The topological polar surface area (TPSA) is 60.9 Å². The maximum absolute atomic E-state index is 11.6. The molecule has 0 aliphatic rings. The summed E-state index contributed by atoms with van der Waals surface area (Å²) < 4.78 is 25.8. The van der Waals surface area contributed by atoms with E-state index < -0.39 is 16.3 Å². The zero-order valence-electron chi connectivity index (χ0n) is 9.27. The molecule has 0 saturated carbocycles. The molecule has 1 N–H and O–H groups in total. The minimum absolute atomic E-state index is 0.338. The van der Waals surface area contributed by atoms with Crippen LogP contribution in [0.25, 0.3) is 0 Å². The number of rotatable bonds is 6. The Morgan fingerprint density at radius 2 is 1.79 bits per heavy atom. The van der Waals surface area contributed by atoms with E-state index in [1.807, 2.05) is 0 Å². The molecule has 0 fully saturated rings. The van der Waals surface area contributed by atoms with Gasteiger partial charge in [0.2, 0.25) is 0 Å². The summed E-state index contributed by atoms with van der Waals surface area (Å²) in [6.07, 6.45) is -0.0209. The average molecular weight is 224 g/mol. The van der Waals surface area contributed by atoms with E-state index in [-0.39, 0.29) is 0 Å². The van der Waals surface area contributed by atoms with E-state index in [4.69, 9.17) is 5.11 Å². The Labute approximate surface area is 86.5 Å². The van der Waals surface area contributed by atoms with E-state index >= 15 is 0 Å². The van der Waals surface area contributed by atoms with Crippen LogP contribution in [-0.4, -0.2) is 55.4 Å². The molecule has 0 saturated heterocycles. The van der Waals surface area contributed by atoms with Crippen molar-refractivity contribution in [3.05, 3.63) is 0 Å². The van der Waals surface area contributed by atoms with E-state index in [1.165, 1.54) is 22.7 Å². The van der Waals surface area contributed by atoms with Gasteiger partial charge in [-0.3, -0.25) is 0 Å². The molecule has 0 heterocycles. The molecule has 0 aliphatic carbocycles. The largest absolute Gasteiger partial charge is 0.393 e. The van der Waals surface area contributed by atoms with Crippen LogP contribution in [0.15, 0.2) is 0 Å². The summed E-state index contributed by atoms with van der Waals surface area (Å²) >= 11 is 0. The quantitative estimate of drug-likeness (QED) is 0.684. The third-order valence-corrected chi connectivity index (χ3v) is 4.11. The molecule has 6 heteroatoms. The van der Waals surface area contributed by atoms with Crippen molar-refractivity contribution in [2.24, 2.45) is 0 Å². The van der Waals surface area contributed by atoms with Crippen LogP contribution in [0.2, 0.25) is 0 Å². The van der Waals surface area contributed by atoms with Crippen molar-refractivity contribution in [2.45, 2.75) is 26.4 Å². The molecular formula is C8H20N2O3S. The van der Waals surface area contributed by atoms with Crippen molar-refractivity contribution < 1.29 is 13.5 Å². The van der Waals surface area contributed by atoms with Crippen LogP contribution in [-0.2, 0) is 10.2 Å². The number of aliphatic hydroxyl groups is 1. The van der Waals surface area contributed by atoms with Crippen LogP contribution in [0.3, 0.4) is 0 Å². The van der Waals surface area contributed by atoms with E-state index in [0.29, 0.717) is 19.5 Å². The number of hydrogen-bond acceptors (Lipinski definition) is 3. The van der Waals surface area contributed by atoms with Crippen LogP contribution in [0, 0.1) is 0 Å². The Bertz CT molecular complexity index is 251. The highest BCUT2D eigenvalue weighted by atomic mass is 32.2. The second-order valence-corrected chi connectivity index (χ2v) is 5.52. The predicted molar refractivity (Wildman–Crippen MR) is 56.2 cm³/mol. The minimum atomic E-state index is -3.33. The highest BCUT2D eigenvalue weighted by molar-refractivity contribution is 7.86. The van der Waals surface area contributed by atoms with Crippen LogP contribution in [0.1, 0.15) is 20.3 Å². The maximum Gasteiger partial charge on any atom is 0.281 e. The molecule has 14 heavy (non-hydrogen) atoms. The molecular weight excluding hydrogens is 204 g/mol. The fourth-order valence-electron chi connectivity index (χ4n) is 0.885. The summed E-state index contributed by atoms with van der Waals surface area (Å²) in [6, 6.07) is 0. The van der Waals surface area contributed by atoms with Crippen molar-refractivity contribution in [2.75, 3.05) is 27.2 Å². The monoisotopic (exact) mass is 224 g/mol. The molecule has 1 unspecified atom stereocenters. The van der Waals surface area contributed by atoms with Gasteiger partial charge in [-0.25, -0.2) is 0 Å². The van der Waals surface area contributed by atoms with Gasteiger partial charge in [0.15, 0.2) is 0 Å². The standard InChI is InChI=1S/C8H20N2O3S/c1-5-9(3)14(12,13)10(4)7-6-8(2)11/h8,11H,5-7H2,1-4H3. The molecule has 0 aliphatic heterocycles. The van der Waals surface area contributed by atoms with E-state index in [1.54, 1.807) is 13.8 Å². The third-order valence-electron chi connectivity index (χ3n) is 2.09. The summed E-state index contributed by atoms with van der Waals surface area (Å²) in [7, 11) is -0.276. The number of aliphatic hydroxyl groups excluding tert-OH is 1. The second-order valence-electron chi connectivity index (χ2n) is 3.38. The molecule has 1 atom stereocenters. The van der Waals surface area contributed by atoms with Gasteiger partial charge in [0.1, 0.15) is 0 Å². The second kappa shape index (κ2) is 5.65. The first-order chi connectivity index (χ1) is 6.32. The lowest BCUT2D eigenvalue weighted by Crippen LogP contribution is -2.40. The van der Waals surface area contributed by atoms with Crippen LogP contribution >= 0.6 is 0 Å². The smallest absolute Gasteiger partial charge is 0.281 e. The van der Waals surface area contributed by atoms with Crippen molar-refractivity contribution >= 4 is 10.2 Å². The van der Waals surface area contributed by atoms with Crippen molar-refractivity contribution in [3.63, 3.8) is 0 Å². The first-order valence-corrected chi connectivity index (χ1v) is 6.07. The van der Waals surface area contributed by atoms with Gasteiger partial charge in [-0.1, -0.05) is 6.92 Å². The van der Waals surface area contributed by atoms with Crippen LogP contribution in [0.4, 0.5) is 0 Å². The molecule has 0 aromatic carbocycles. The fraction of sp³-hybridized carbons (Fsp3) is 1.00. The summed E-state index contributed by atoms with van der Waals surface area (Å²) in [6.45, 7) is 4.20. The highest BCUT2D eigenvalue weighted by Crippen LogP contribution is 2.04. The number of hydrogen-bond donors (Lipinski definition) is 1. The predicted octanol–water partition coefficient (Wildman–Crippen LogP) is -0.114. The summed E-state index contributed by atoms with van der Waals surface area (Å²) in [5.41, 5.74) is 0. The zero-order chi connectivity index (χ0) is 11.4. The first kappa shape index (κ1) is 13.8. The maximum atomic E-state index is 11.6. The minimum Gasteiger partial charge on any atom is -0.393 e. The SMILES string of the molecule is CCN(C)S(=O)(=O)N(C)CCC(C)O. The van der Waals surface area contributed by atoms with Gasteiger partial charge in [-0.15, -0.1) is 0 Å². The molecule has 0 aromatic rings. The van der Waals surface area contributed by atoms with Gasteiger partial charge < -0.3 is 5.11 Å². The Morgan fingerprint density at radius 1 is 1.29 bits per heavy atom. The van der Waals surface area contributed by atoms with Gasteiger partial charge in [0.25, 0.3) is 10.2 Å².